The molecule has 2 atom stereocenters. The molecule has 4 nitrogen and oxygen atoms in total. The monoisotopic (exact) mass is 613 g/mol. The average Bonchev–Trinajstić information content (AvgIpc) is 3.10. The molecule has 3 heterocycles. The smallest absolute Gasteiger partial charge is 0.369 e. The van der Waals surface area contributed by atoms with Crippen LogP contribution in [0, 0.1) is 0 Å². The van der Waals surface area contributed by atoms with Gasteiger partial charge in [-0.1, -0.05) is 52.3 Å². The van der Waals surface area contributed by atoms with Crippen molar-refractivity contribution in [3.8, 4) is 11.1 Å². The molecule has 11 heteroatoms. The first kappa shape index (κ1) is 28.1. The van der Waals surface area contributed by atoms with Crippen LogP contribution in [0.5, 0.6) is 0 Å². The highest BCUT2D eigenvalue weighted by Gasteiger charge is 2.71. The van der Waals surface area contributed by atoms with Crippen molar-refractivity contribution in [2.24, 2.45) is 0 Å². The van der Waals surface area contributed by atoms with Gasteiger partial charge >= 0.3 is 12.4 Å². The number of piperazine rings is 1. The predicted molar refractivity (Wildman–Crippen MR) is 137 cm³/mol. The zero-order valence-corrected chi connectivity index (χ0v) is 22.3. The van der Waals surface area contributed by atoms with E-state index in [1.54, 1.807) is 6.07 Å². The average molecular weight is 614 g/mol. The summed E-state index contributed by atoms with van der Waals surface area (Å²) in [6, 6.07) is 14.3. The summed E-state index contributed by atoms with van der Waals surface area (Å²) in [6.45, 7) is 3.54. The van der Waals surface area contributed by atoms with Crippen LogP contribution in [-0.2, 0) is 18.7 Å². The molecular weight excluding hydrogens is 588 g/mol. The lowest BCUT2D eigenvalue weighted by Gasteiger charge is -2.41. The molecule has 3 aromatic rings. The van der Waals surface area contributed by atoms with Crippen LogP contribution in [0.3, 0.4) is 0 Å². The summed E-state index contributed by atoms with van der Waals surface area (Å²) in [7, 11) is 0. The maximum atomic E-state index is 13.2. The molecule has 2 aliphatic heterocycles. The van der Waals surface area contributed by atoms with Gasteiger partial charge in [-0.05, 0) is 53.3 Å². The maximum absolute atomic E-state index is 13.2. The van der Waals surface area contributed by atoms with Crippen molar-refractivity contribution in [1.29, 1.82) is 0 Å². The Hall–Kier alpha value is -2.47. The van der Waals surface area contributed by atoms with Gasteiger partial charge in [-0.25, -0.2) is 0 Å². The van der Waals surface area contributed by atoms with E-state index in [4.69, 9.17) is 0 Å². The number of hydrogen-bond acceptors (Lipinski definition) is 4. The first-order valence-electron chi connectivity index (χ1n) is 12.5. The second-order valence-electron chi connectivity index (χ2n) is 10.2. The van der Waals surface area contributed by atoms with E-state index in [1.807, 2.05) is 36.7 Å². The van der Waals surface area contributed by atoms with Crippen molar-refractivity contribution in [1.82, 2.24) is 14.8 Å². The van der Waals surface area contributed by atoms with Crippen molar-refractivity contribution in [3.05, 3.63) is 88.2 Å². The molecule has 2 fully saturated rings. The van der Waals surface area contributed by atoms with Gasteiger partial charge in [0.1, 0.15) is 0 Å². The molecule has 0 spiro atoms. The van der Waals surface area contributed by atoms with Gasteiger partial charge in [0.2, 0.25) is 0 Å². The Kier molecular flexibility index (Phi) is 7.56. The Morgan fingerprint density at radius 3 is 1.92 bits per heavy atom. The highest BCUT2D eigenvalue weighted by molar-refractivity contribution is 9.10. The zero-order chi connectivity index (χ0) is 28.0. The van der Waals surface area contributed by atoms with Crippen LogP contribution in [0.4, 0.5) is 26.3 Å². The van der Waals surface area contributed by atoms with Crippen LogP contribution >= 0.6 is 15.9 Å². The largest absolute Gasteiger partial charge is 0.430 e. The van der Waals surface area contributed by atoms with Crippen LogP contribution in [0.1, 0.15) is 29.5 Å². The molecular formula is C28H26BrF6N3O. The lowest BCUT2D eigenvalue weighted by molar-refractivity contribution is -0.376. The van der Waals surface area contributed by atoms with Gasteiger partial charge in [0.15, 0.2) is 0 Å². The third-order valence-electron chi connectivity index (χ3n) is 7.70. The SMILES string of the molecule is OC(c1ccc(-c2ccc(CN3CC4CCC(C3)N4Cc3ccncc3)cc2Br)cc1)(C(F)(F)F)C(F)(F)F. The first-order valence-corrected chi connectivity index (χ1v) is 13.3. The third kappa shape index (κ3) is 5.46. The number of aromatic nitrogens is 1. The van der Waals surface area contributed by atoms with E-state index < -0.39 is 23.5 Å². The van der Waals surface area contributed by atoms with E-state index >= 15 is 0 Å². The van der Waals surface area contributed by atoms with Crippen molar-refractivity contribution in [2.75, 3.05) is 13.1 Å². The second-order valence-corrected chi connectivity index (χ2v) is 11.1. The Labute approximate surface area is 230 Å². The molecule has 2 unspecified atom stereocenters. The minimum atomic E-state index is -5.92. The maximum Gasteiger partial charge on any atom is 0.430 e. The zero-order valence-electron chi connectivity index (χ0n) is 20.7. The lowest BCUT2D eigenvalue weighted by Crippen LogP contribution is -2.53. The second kappa shape index (κ2) is 10.5. The standard InChI is InChI=1S/C28H26BrF6N3O/c29-25-13-19(14-37-16-22-6-7-23(17-37)38(22)15-18-9-11-36-12-10-18)1-8-24(25)20-2-4-21(5-3-20)26(39,27(30,31)32)28(33,34)35/h1-5,8-13,22-23,39H,6-7,14-17H2. The number of benzene rings is 2. The van der Waals surface area contributed by atoms with Crippen molar-refractivity contribution >= 4 is 15.9 Å². The minimum absolute atomic E-state index is 0.423. The Morgan fingerprint density at radius 2 is 1.38 bits per heavy atom. The molecule has 1 N–H and O–H groups in total. The number of pyridine rings is 1. The normalized spacial score (nSPS) is 20.9. The fourth-order valence-electron chi connectivity index (χ4n) is 5.69. The summed E-state index contributed by atoms with van der Waals surface area (Å²) in [5.74, 6) is 0. The highest BCUT2D eigenvalue weighted by Crippen LogP contribution is 2.50. The topological polar surface area (TPSA) is 39.6 Å². The predicted octanol–water partition coefficient (Wildman–Crippen LogP) is 6.67. The molecule has 2 aliphatic rings. The highest BCUT2D eigenvalue weighted by atomic mass is 79.9. The number of likely N-dealkylation sites (tertiary alicyclic amines) is 1. The van der Waals surface area contributed by atoms with Crippen molar-refractivity contribution in [3.63, 3.8) is 0 Å². The molecule has 2 saturated heterocycles. The molecule has 0 aliphatic carbocycles. The number of nitrogens with zero attached hydrogens (tertiary/aromatic N) is 3. The van der Waals surface area contributed by atoms with Gasteiger partial charge in [0, 0.05) is 60.7 Å². The number of fused-ring (bicyclic) bond motifs is 2. The van der Waals surface area contributed by atoms with Gasteiger partial charge in [0.25, 0.3) is 5.60 Å². The van der Waals surface area contributed by atoms with Gasteiger partial charge in [-0.3, -0.25) is 14.8 Å². The van der Waals surface area contributed by atoms with E-state index in [1.165, 1.54) is 5.56 Å². The third-order valence-corrected chi connectivity index (χ3v) is 8.35. The van der Waals surface area contributed by atoms with Crippen LogP contribution in [0.15, 0.2) is 71.5 Å². The molecule has 2 bridgehead atoms. The molecule has 0 saturated carbocycles. The Morgan fingerprint density at radius 1 is 0.795 bits per heavy atom. The summed E-state index contributed by atoms with van der Waals surface area (Å²) in [4.78, 5) is 9.10. The molecule has 0 radical (unpaired) electrons. The van der Waals surface area contributed by atoms with Gasteiger partial charge < -0.3 is 5.11 Å². The number of alkyl halides is 6. The molecule has 208 valence electrons. The number of aliphatic hydroxyl groups is 1. The van der Waals surface area contributed by atoms with Gasteiger partial charge in [0.05, 0.1) is 0 Å². The molecule has 39 heavy (non-hydrogen) atoms. The molecule has 0 amide bonds. The first-order chi connectivity index (χ1) is 18.4. The van der Waals surface area contributed by atoms with Crippen LogP contribution in [-0.4, -0.2) is 57.4 Å². The van der Waals surface area contributed by atoms with Crippen LogP contribution in [0.25, 0.3) is 11.1 Å². The van der Waals surface area contributed by atoms with Gasteiger partial charge in [-0.15, -0.1) is 0 Å². The number of halogens is 7. The number of hydrogen-bond donors (Lipinski definition) is 1. The van der Waals surface area contributed by atoms with E-state index in [0.717, 1.165) is 56.7 Å². The molecule has 5 rings (SSSR count). The minimum Gasteiger partial charge on any atom is -0.369 e. The van der Waals surface area contributed by atoms with Gasteiger partial charge in [-0.2, -0.15) is 26.3 Å². The summed E-state index contributed by atoms with van der Waals surface area (Å²) in [5.41, 5.74) is -2.88. The van der Waals surface area contributed by atoms with E-state index in [2.05, 4.69) is 30.7 Å². The summed E-state index contributed by atoms with van der Waals surface area (Å²) < 4.78 is 79.9. The summed E-state index contributed by atoms with van der Waals surface area (Å²) in [5, 5.41) is 9.63. The molecule has 2 aromatic carbocycles. The fourth-order valence-corrected chi connectivity index (χ4v) is 6.35. The lowest BCUT2D eigenvalue weighted by atomic mass is 9.90. The Balaban J connectivity index is 1.27. The van der Waals surface area contributed by atoms with E-state index in [-0.39, 0.29) is 0 Å². The van der Waals surface area contributed by atoms with E-state index in [0.29, 0.717) is 39.8 Å². The van der Waals surface area contributed by atoms with Crippen molar-refractivity contribution < 1.29 is 31.4 Å². The number of rotatable bonds is 6. The van der Waals surface area contributed by atoms with E-state index in [9.17, 15) is 31.4 Å². The summed E-state index contributed by atoms with van der Waals surface area (Å²) in [6.07, 6.45) is -5.90. The van der Waals surface area contributed by atoms with Crippen LogP contribution in [0.2, 0.25) is 0 Å². The quantitative estimate of drug-likeness (QED) is 0.315. The van der Waals surface area contributed by atoms with Crippen LogP contribution < -0.4 is 0 Å². The fraction of sp³-hybridized carbons (Fsp3) is 0.393. The Bertz CT molecular complexity index is 1270. The summed E-state index contributed by atoms with van der Waals surface area (Å²) >= 11 is 3.51. The van der Waals surface area contributed by atoms with Crippen molar-refractivity contribution in [2.45, 2.75) is 56.0 Å². The molecule has 1 aromatic heterocycles.